The van der Waals surface area contributed by atoms with Crippen molar-refractivity contribution < 1.29 is 23.8 Å². The van der Waals surface area contributed by atoms with Gasteiger partial charge in [-0.15, -0.1) is 0 Å². The minimum absolute atomic E-state index is 0.00516. The molecule has 5 nitrogen and oxygen atoms in total. The van der Waals surface area contributed by atoms with E-state index in [1.165, 1.54) is 0 Å². The predicted molar refractivity (Wildman–Crippen MR) is 86.2 cm³/mol. The van der Waals surface area contributed by atoms with Gasteiger partial charge in [0, 0.05) is 11.3 Å². The molecule has 3 aliphatic heterocycles. The normalized spacial score (nSPS) is 58.6. The van der Waals surface area contributed by atoms with Gasteiger partial charge in [0.25, 0.3) is 0 Å². The van der Waals surface area contributed by atoms with Crippen molar-refractivity contribution in [2.24, 2.45) is 34.0 Å². The molecule has 8 atom stereocenters. The number of cyclic esters (lactones) is 1. The lowest BCUT2D eigenvalue weighted by Crippen LogP contribution is -2.65. The molecule has 0 aromatic heterocycles. The van der Waals surface area contributed by atoms with Gasteiger partial charge in [-0.3, -0.25) is 9.59 Å². The highest BCUT2D eigenvalue weighted by atomic mass is 16.7. The quantitative estimate of drug-likeness (QED) is 0.383. The van der Waals surface area contributed by atoms with Gasteiger partial charge in [-0.05, 0) is 54.9 Å². The number of Topliss-reactive ketones (excluding diaryl/α,β-unsaturated/α-hetero) is 1. The monoisotopic (exact) mass is 344 g/mol. The molecule has 0 aromatic carbocycles. The second-order valence-corrected chi connectivity index (χ2v) is 9.52. The molecule has 3 saturated carbocycles. The Morgan fingerprint density at radius 1 is 1.16 bits per heavy atom. The third-order valence-corrected chi connectivity index (χ3v) is 8.68. The van der Waals surface area contributed by atoms with E-state index in [1.807, 2.05) is 0 Å². The van der Waals surface area contributed by atoms with Crippen LogP contribution in [0.15, 0.2) is 12.2 Å². The summed E-state index contributed by atoms with van der Waals surface area (Å²) in [6.45, 7) is 7.40. The number of hydrogen-bond acceptors (Lipinski definition) is 5. The van der Waals surface area contributed by atoms with Crippen molar-refractivity contribution in [3.63, 3.8) is 0 Å². The van der Waals surface area contributed by atoms with Crippen molar-refractivity contribution in [1.82, 2.24) is 0 Å². The van der Waals surface area contributed by atoms with Crippen LogP contribution in [0.25, 0.3) is 0 Å². The van der Waals surface area contributed by atoms with Gasteiger partial charge in [0.1, 0.15) is 12.0 Å². The summed E-state index contributed by atoms with van der Waals surface area (Å²) in [6.07, 6.45) is 4.31. The Hall–Kier alpha value is -1.20. The number of esters is 1. The summed E-state index contributed by atoms with van der Waals surface area (Å²) >= 11 is 0. The zero-order chi connectivity index (χ0) is 17.2. The third-order valence-electron chi connectivity index (χ3n) is 8.68. The molecule has 3 aliphatic carbocycles. The first kappa shape index (κ1) is 14.9. The summed E-state index contributed by atoms with van der Waals surface area (Å²) in [5.74, 6) is 0.0158. The molecular formula is C20H24O5. The second kappa shape index (κ2) is 4.20. The number of ether oxygens (including phenoxy) is 3. The Kier molecular flexibility index (Phi) is 2.51. The Balaban J connectivity index is 1.56. The number of rotatable bonds is 0. The van der Waals surface area contributed by atoms with Gasteiger partial charge >= 0.3 is 5.97 Å². The van der Waals surface area contributed by atoms with Crippen LogP contribution in [0.3, 0.4) is 0 Å². The molecule has 6 fully saturated rings. The summed E-state index contributed by atoms with van der Waals surface area (Å²) in [6, 6.07) is 0. The zero-order valence-corrected chi connectivity index (χ0v) is 14.6. The van der Waals surface area contributed by atoms with Crippen molar-refractivity contribution in [2.75, 3.05) is 13.2 Å². The highest BCUT2D eigenvalue weighted by Crippen LogP contribution is 2.72. The van der Waals surface area contributed by atoms with Crippen LogP contribution in [0.5, 0.6) is 0 Å². The van der Waals surface area contributed by atoms with Gasteiger partial charge in [-0.1, -0.05) is 13.5 Å². The van der Waals surface area contributed by atoms with Crippen molar-refractivity contribution >= 4 is 11.8 Å². The minimum atomic E-state index is -1.00. The van der Waals surface area contributed by atoms with E-state index in [-0.39, 0.29) is 52.7 Å². The van der Waals surface area contributed by atoms with Crippen LogP contribution in [-0.4, -0.2) is 37.4 Å². The van der Waals surface area contributed by atoms with Crippen molar-refractivity contribution in [3.8, 4) is 0 Å². The number of carbonyl (C=O) groups excluding carboxylic acids is 2. The largest absolute Gasteiger partial charge is 0.464 e. The highest BCUT2D eigenvalue weighted by Gasteiger charge is 2.78. The molecule has 0 aromatic rings. The van der Waals surface area contributed by atoms with Crippen LogP contribution in [0.1, 0.15) is 39.0 Å². The van der Waals surface area contributed by atoms with Gasteiger partial charge in [-0.25, -0.2) is 0 Å². The van der Waals surface area contributed by atoms with Crippen LogP contribution >= 0.6 is 0 Å². The summed E-state index contributed by atoms with van der Waals surface area (Å²) < 4.78 is 18.1. The van der Waals surface area contributed by atoms with Gasteiger partial charge < -0.3 is 14.2 Å². The molecule has 0 amide bonds. The van der Waals surface area contributed by atoms with Crippen LogP contribution in [0.2, 0.25) is 0 Å². The molecule has 6 aliphatic rings. The van der Waals surface area contributed by atoms with E-state index in [4.69, 9.17) is 14.2 Å². The third kappa shape index (κ3) is 1.37. The molecule has 6 rings (SSSR count). The van der Waals surface area contributed by atoms with E-state index < -0.39 is 5.41 Å². The van der Waals surface area contributed by atoms with Crippen LogP contribution in [0, 0.1) is 34.0 Å². The fourth-order valence-electron chi connectivity index (χ4n) is 7.68. The van der Waals surface area contributed by atoms with E-state index in [1.54, 1.807) is 0 Å². The van der Waals surface area contributed by atoms with Crippen LogP contribution in [0.4, 0.5) is 0 Å². The topological polar surface area (TPSA) is 61.8 Å². The molecule has 2 spiro atoms. The van der Waals surface area contributed by atoms with E-state index in [2.05, 4.69) is 13.5 Å². The van der Waals surface area contributed by atoms with Gasteiger partial charge in [-0.2, -0.15) is 0 Å². The maximum atomic E-state index is 13.2. The van der Waals surface area contributed by atoms with Crippen molar-refractivity contribution in [3.05, 3.63) is 12.2 Å². The fraction of sp³-hybridized carbons (Fsp3) is 0.800. The van der Waals surface area contributed by atoms with E-state index in [0.29, 0.717) is 25.2 Å². The molecule has 2 unspecified atom stereocenters. The Labute approximate surface area is 147 Å². The van der Waals surface area contributed by atoms with Crippen LogP contribution < -0.4 is 0 Å². The number of fused-ring (bicyclic) bond motifs is 1. The van der Waals surface area contributed by atoms with E-state index in [9.17, 15) is 9.59 Å². The minimum Gasteiger partial charge on any atom is -0.464 e. The first-order chi connectivity index (χ1) is 11.9. The maximum absolute atomic E-state index is 13.2. The summed E-state index contributed by atoms with van der Waals surface area (Å²) in [5, 5.41) is 0. The van der Waals surface area contributed by atoms with Crippen molar-refractivity contribution in [2.45, 2.75) is 51.4 Å². The summed E-state index contributed by atoms with van der Waals surface area (Å²) in [7, 11) is 0. The maximum Gasteiger partial charge on any atom is 0.320 e. The van der Waals surface area contributed by atoms with E-state index in [0.717, 1.165) is 25.7 Å². The average molecular weight is 344 g/mol. The van der Waals surface area contributed by atoms with Gasteiger partial charge in [0.15, 0.2) is 12.1 Å². The lowest BCUT2D eigenvalue weighted by Gasteiger charge is -2.58. The lowest BCUT2D eigenvalue weighted by atomic mass is 9.45. The average Bonchev–Trinajstić information content (AvgIpc) is 3.12. The first-order valence-corrected chi connectivity index (χ1v) is 9.61. The lowest BCUT2D eigenvalue weighted by molar-refractivity contribution is -0.215. The Morgan fingerprint density at radius 2 is 2.00 bits per heavy atom. The number of carbonyl (C=O) groups is 2. The zero-order valence-electron chi connectivity index (χ0n) is 14.6. The molecule has 25 heavy (non-hydrogen) atoms. The molecule has 3 saturated heterocycles. The molecule has 0 N–H and O–H groups in total. The molecule has 4 bridgehead atoms. The molecule has 3 heterocycles. The molecule has 5 heteroatoms. The van der Waals surface area contributed by atoms with Crippen LogP contribution in [-0.2, 0) is 23.8 Å². The molecule has 134 valence electrons. The summed E-state index contributed by atoms with van der Waals surface area (Å²) in [4.78, 5) is 26.1. The number of allylic oxidation sites excluding steroid dienone is 1. The highest BCUT2D eigenvalue weighted by molar-refractivity contribution is 6.15. The van der Waals surface area contributed by atoms with E-state index >= 15 is 0 Å². The standard InChI is InChI=1S/C20H24O5/c1-10-11-3-4-12-19(7-11,15(10)21)17(22)24-9-20(12)13-5-6-18(2)8-23-16(25-13)14(18)20/h11-14,16H,1,3-9H2,2H3/t11-,12-,13?,14-,16?,18+,19+,20-/m1/s1. The van der Waals surface area contributed by atoms with Gasteiger partial charge in [0.05, 0.1) is 12.7 Å². The second-order valence-electron chi connectivity index (χ2n) is 9.52. The molecule has 0 radical (unpaired) electrons. The summed E-state index contributed by atoms with van der Waals surface area (Å²) in [5.41, 5.74) is -0.577. The molecular weight excluding hydrogens is 320 g/mol. The SMILES string of the molecule is C=C1C(=O)[C@]23C[C@H]1CC[C@H]2[C@]1(COC3=O)C2CC[C@@]3(C)COC(O2)[C@H]31. The first-order valence-electron chi connectivity index (χ1n) is 9.61. The Bertz CT molecular complexity index is 730. The van der Waals surface area contributed by atoms with Gasteiger partial charge in [0.2, 0.25) is 0 Å². The Morgan fingerprint density at radius 3 is 2.84 bits per heavy atom. The number of ketones is 1. The number of hydrogen-bond donors (Lipinski definition) is 0. The predicted octanol–water partition coefficient (Wildman–Crippen LogP) is 2.24. The fourth-order valence-corrected chi connectivity index (χ4v) is 7.68. The van der Waals surface area contributed by atoms with Crippen molar-refractivity contribution in [1.29, 1.82) is 0 Å². The smallest absolute Gasteiger partial charge is 0.320 e.